The Morgan fingerprint density at radius 3 is 2.56 bits per heavy atom. The molecule has 0 amide bonds. The summed E-state index contributed by atoms with van der Waals surface area (Å²) >= 11 is 7.42. The number of halogens is 1. The summed E-state index contributed by atoms with van der Waals surface area (Å²) in [5, 5.41) is 13.6. The average Bonchev–Trinajstić information content (AvgIpc) is 2.76. The quantitative estimate of drug-likeness (QED) is 0.880. The molecule has 4 heteroatoms. The zero-order chi connectivity index (χ0) is 13.0. The van der Waals surface area contributed by atoms with Crippen LogP contribution < -0.4 is 5.32 Å². The minimum absolute atomic E-state index is 0.506. The summed E-state index contributed by atoms with van der Waals surface area (Å²) in [5.41, 5.74) is 0.0594. The van der Waals surface area contributed by atoms with Gasteiger partial charge in [0.2, 0.25) is 0 Å². The van der Waals surface area contributed by atoms with Gasteiger partial charge in [0.15, 0.2) is 0 Å². The van der Waals surface area contributed by atoms with Crippen molar-refractivity contribution in [3.8, 4) is 0 Å². The zero-order valence-corrected chi connectivity index (χ0v) is 11.8. The maximum absolute atomic E-state index is 10.4. The Balaban J connectivity index is 1.89. The maximum atomic E-state index is 10.4. The van der Waals surface area contributed by atoms with Crippen LogP contribution in [-0.2, 0) is 12.1 Å². The molecule has 0 aliphatic heterocycles. The highest BCUT2D eigenvalue weighted by Crippen LogP contribution is 2.22. The van der Waals surface area contributed by atoms with Crippen molar-refractivity contribution in [2.24, 2.45) is 0 Å². The predicted octanol–water partition coefficient (Wildman–Crippen LogP) is 3.40. The fourth-order valence-electron chi connectivity index (χ4n) is 1.78. The molecular formula is C14H16ClNOS. The Bertz CT molecular complexity index is 496. The molecule has 1 unspecified atom stereocenters. The maximum Gasteiger partial charge on any atom is 0.0992 e. The molecule has 1 aromatic carbocycles. The van der Waals surface area contributed by atoms with E-state index in [1.165, 1.54) is 4.88 Å². The van der Waals surface area contributed by atoms with E-state index in [1.807, 2.05) is 49.4 Å². The molecule has 1 aromatic heterocycles. The summed E-state index contributed by atoms with van der Waals surface area (Å²) in [6.45, 7) is 3.05. The van der Waals surface area contributed by atoms with Crippen LogP contribution >= 0.6 is 22.9 Å². The smallest absolute Gasteiger partial charge is 0.0992 e. The molecule has 96 valence electrons. The SMILES string of the molecule is CC(O)(CNCc1ccc(Cl)s1)c1ccccc1. The summed E-state index contributed by atoms with van der Waals surface area (Å²) in [6.07, 6.45) is 0. The van der Waals surface area contributed by atoms with Gasteiger partial charge in [-0.05, 0) is 24.6 Å². The molecule has 2 nitrogen and oxygen atoms in total. The van der Waals surface area contributed by atoms with E-state index >= 15 is 0 Å². The molecule has 0 aliphatic rings. The molecule has 1 atom stereocenters. The van der Waals surface area contributed by atoms with Crippen LogP contribution in [0.25, 0.3) is 0 Å². The van der Waals surface area contributed by atoms with Gasteiger partial charge in [-0.3, -0.25) is 0 Å². The zero-order valence-electron chi connectivity index (χ0n) is 10.2. The second kappa shape index (κ2) is 5.85. The predicted molar refractivity (Wildman–Crippen MR) is 77.0 cm³/mol. The van der Waals surface area contributed by atoms with E-state index in [0.717, 1.165) is 16.4 Å². The van der Waals surface area contributed by atoms with E-state index in [4.69, 9.17) is 11.6 Å². The van der Waals surface area contributed by atoms with Crippen molar-refractivity contribution < 1.29 is 5.11 Å². The van der Waals surface area contributed by atoms with Gasteiger partial charge in [-0.25, -0.2) is 0 Å². The fourth-order valence-corrected chi connectivity index (χ4v) is 2.83. The van der Waals surface area contributed by atoms with E-state index in [2.05, 4.69) is 5.32 Å². The van der Waals surface area contributed by atoms with Gasteiger partial charge in [-0.2, -0.15) is 0 Å². The Morgan fingerprint density at radius 2 is 1.94 bits per heavy atom. The first kappa shape index (κ1) is 13.6. The normalized spacial score (nSPS) is 14.4. The van der Waals surface area contributed by atoms with Crippen molar-refractivity contribution in [2.75, 3.05) is 6.54 Å². The minimum atomic E-state index is -0.859. The number of hydrogen-bond donors (Lipinski definition) is 2. The monoisotopic (exact) mass is 281 g/mol. The second-order valence-electron chi connectivity index (χ2n) is 4.45. The standard InChI is InChI=1S/C14H16ClNOS/c1-14(17,11-5-3-2-4-6-11)10-16-9-12-7-8-13(15)18-12/h2-8,16-17H,9-10H2,1H3. The highest BCUT2D eigenvalue weighted by Gasteiger charge is 2.21. The third-order valence-electron chi connectivity index (χ3n) is 2.79. The molecular weight excluding hydrogens is 266 g/mol. The van der Waals surface area contributed by atoms with E-state index in [0.29, 0.717) is 6.54 Å². The lowest BCUT2D eigenvalue weighted by Gasteiger charge is -2.24. The molecule has 0 spiro atoms. The van der Waals surface area contributed by atoms with Crippen LogP contribution in [0.15, 0.2) is 42.5 Å². The molecule has 0 saturated carbocycles. The van der Waals surface area contributed by atoms with Crippen molar-refractivity contribution >= 4 is 22.9 Å². The third kappa shape index (κ3) is 3.56. The summed E-state index contributed by atoms with van der Waals surface area (Å²) < 4.78 is 0.793. The third-order valence-corrected chi connectivity index (χ3v) is 4.02. The number of benzene rings is 1. The Hall–Kier alpha value is -0.870. The van der Waals surface area contributed by atoms with Gasteiger partial charge in [0.25, 0.3) is 0 Å². The van der Waals surface area contributed by atoms with Gasteiger partial charge in [0.1, 0.15) is 0 Å². The summed E-state index contributed by atoms with van der Waals surface area (Å²) in [4.78, 5) is 1.17. The van der Waals surface area contributed by atoms with E-state index in [9.17, 15) is 5.11 Å². The van der Waals surface area contributed by atoms with Crippen molar-refractivity contribution in [2.45, 2.75) is 19.1 Å². The molecule has 2 rings (SSSR count). The van der Waals surface area contributed by atoms with Gasteiger partial charge in [0, 0.05) is 18.0 Å². The van der Waals surface area contributed by atoms with Gasteiger partial charge < -0.3 is 10.4 Å². The molecule has 0 radical (unpaired) electrons. The van der Waals surface area contributed by atoms with Gasteiger partial charge >= 0.3 is 0 Å². The lowest BCUT2D eigenvalue weighted by molar-refractivity contribution is 0.0567. The molecule has 18 heavy (non-hydrogen) atoms. The van der Waals surface area contributed by atoms with E-state index in [-0.39, 0.29) is 0 Å². The molecule has 0 fully saturated rings. The van der Waals surface area contributed by atoms with Crippen LogP contribution in [0.1, 0.15) is 17.4 Å². The van der Waals surface area contributed by atoms with Crippen LogP contribution in [0.2, 0.25) is 4.34 Å². The highest BCUT2D eigenvalue weighted by atomic mass is 35.5. The average molecular weight is 282 g/mol. The van der Waals surface area contributed by atoms with Crippen molar-refractivity contribution in [3.05, 3.63) is 57.2 Å². The molecule has 1 heterocycles. The molecule has 2 N–H and O–H groups in total. The van der Waals surface area contributed by atoms with Crippen LogP contribution in [0.4, 0.5) is 0 Å². The first-order valence-corrected chi connectivity index (χ1v) is 7.00. The van der Waals surface area contributed by atoms with E-state index in [1.54, 1.807) is 11.3 Å². The first-order chi connectivity index (χ1) is 8.58. The lowest BCUT2D eigenvalue weighted by atomic mass is 9.96. The van der Waals surface area contributed by atoms with Crippen LogP contribution in [0.3, 0.4) is 0 Å². The largest absolute Gasteiger partial charge is 0.384 e. The minimum Gasteiger partial charge on any atom is -0.384 e. The second-order valence-corrected chi connectivity index (χ2v) is 6.25. The number of rotatable bonds is 5. The van der Waals surface area contributed by atoms with Gasteiger partial charge in [-0.1, -0.05) is 41.9 Å². The summed E-state index contributed by atoms with van der Waals surface area (Å²) in [6, 6.07) is 13.6. The van der Waals surface area contributed by atoms with Crippen LogP contribution in [0, 0.1) is 0 Å². The van der Waals surface area contributed by atoms with Crippen LogP contribution in [-0.4, -0.2) is 11.7 Å². The summed E-state index contributed by atoms with van der Waals surface area (Å²) in [7, 11) is 0. The topological polar surface area (TPSA) is 32.3 Å². The number of nitrogens with one attached hydrogen (secondary N) is 1. The Morgan fingerprint density at radius 1 is 1.22 bits per heavy atom. The van der Waals surface area contributed by atoms with Crippen molar-refractivity contribution in [3.63, 3.8) is 0 Å². The summed E-state index contributed by atoms with van der Waals surface area (Å²) in [5.74, 6) is 0. The van der Waals surface area contributed by atoms with Gasteiger partial charge in [-0.15, -0.1) is 11.3 Å². The Labute approximate surface area is 116 Å². The highest BCUT2D eigenvalue weighted by molar-refractivity contribution is 7.16. The number of aliphatic hydroxyl groups is 1. The molecule has 2 aromatic rings. The molecule has 0 aliphatic carbocycles. The van der Waals surface area contributed by atoms with E-state index < -0.39 is 5.60 Å². The number of thiophene rings is 1. The lowest BCUT2D eigenvalue weighted by Crippen LogP contribution is -2.34. The molecule has 0 bridgehead atoms. The van der Waals surface area contributed by atoms with Gasteiger partial charge in [0.05, 0.1) is 9.94 Å². The number of hydrogen-bond acceptors (Lipinski definition) is 3. The fraction of sp³-hybridized carbons (Fsp3) is 0.286. The van der Waals surface area contributed by atoms with Crippen LogP contribution in [0.5, 0.6) is 0 Å². The van der Waals surface area contributed by atoms with Crippen molar-refractivity contribution in [1.82, 2.24) is 5.32 Å². The first-order valence-electron chi connectivity index (χ1n) is 5.81. The molecule has 0 saturated heterocycles. The Kier molecular flexibility index (Phi) is 4.40. The van der Waals surface area contributed by atoms with Crippen molar-refractivity contribution in [1.29, 1.82) is 0 Å².